The van der Waals surface area contributed by atoms with E-state index in [0.717, 1.165) is 17.4 Å². The van der Waals surface area contributed by atoms with E-state index in [4.69, 9.17) is 9.47 Å². The molecule has 2 aromatic carbocycles. The van der Waals surface area contributed by atoms with Crippen LogP contribution in [0.15, 0.2) is 42.5 Å². The number of rotatable bonds is 11. The molecule has 0 heterocycles. The van der Waals surface area contributed by atoms with E-state index >= 15 is 0 Å². The second-order valence-electron chi connectivity index (χ2n) is 7.19. The van der Waals surface area contributed by atoms with E-state index in [-0.39, 0.29) is 12.5 Å². The van der Waals surface area contributed by atoms with Gasteiger partial charge in [0.1, 0.15) is 6.04 Å². The molecule has 0 saturated carbocycles. The van der Waals surface area contributed by atoms with Crippen LogP contribution in [-0.4, -0.2) is 39.8 Å². The van der Waals surface area contributed by atoms with Crippen molar-refractivity contribution in [3.05, 3.63) is 53.6 Å². The van der Waals surface area contributed by atoms with Crippen LogP contribution in [0.2, 0.25) is 0 Å². The molecule has 0 saturated heterocycles. The minimum absolute atomic E-state index is 0.243. The number of nitrogens with one attached hydrogen (secondary N) is 1. The summed E-state index contributed by atoms with van der Waals surface area (Å²) < 4.78 is 37.5. The number of sulfonamides is 1. The van der Waals surface area contributed by atoms with Crippen LogP contribution in [0.1, 0.15) is 38.3 Å². The van der Waals surface area contributed by atoms with Crippen LogP contribution in [0, 0.1) is 6.92 Å². The normalized spacial score (nSPS) is 12.2. The Hall–Kier alpha value is -2.74. The Kier molecular flexibility index (Phi) is 8.74. The summed E-state index contributed by atoms with van der Waals surface area (Å²) in [6.07, 6.45) is 1.45. The van der Waals surface area contributed by atoms with Crippen LogP contribution in [0.5, 0.6) is 11.5 Å². The van der Waals surface area contributed by atoms with Gasteiger partial charge in [-0.25, -0.2) is 8.42 Å². The van der Waals surface area contributed by atoms with Crippen molar-refractivity contribution in [2.45, 2.75) is 46.7 Å². The van der Waals surface area contributed by atoms with Gasteiger partial charge in [-0.05, 0) is 62.6 Å². The van der Waals surface area contributed by atoms with Gasteiger partial charge in [0.2, 0.25) is 15.9 Å². The Morgan fingerprint density at radius 1 is 1.03 bits per heavy atom. The summed E-state index contributed by atoms with van der Waals surface area (Å²) in [5.74, 6) is 0.899. The largest absolute Gasteiger partial charge is 0.490 e. The molecule has 1 atom stereocenters. The maximum atomic E-state index is 13.0. The molecule has 170 valence electrons. The highest BCUT2D eigenvalue weighted by atomic mass is 32.2. The number of aryl methyl sites for hydroxylation is 1. The molecule has 2 rings (SSSR count). The van der Waals surface area contributed by atoms with Crippen LogP contribution >= 0.6 is 0 Å². The zero-order valence-electron chi connectivity index (χ0n) is 18.8. The second kappa shape index (κ2) is 11.0. The fourth-order valence-corrected chi connectivity index (χ4v) is 4.54. The standard InChI is InChI=1S/C23H32N2O5S/c1-6-20(25(31(5,27)28)19-11-9-10-17(4)14-19)23(26)24-16-18-12-13-21(29-7-2)22(15-18)30-8-3/h9-15,20H,6-8,16H2,1-5H3,(H,24,26)/t20-/m1/s1. The highest BCUT2D eigenvalue weighted by Crippen LogP contribution is 2.29. The third-order valence-electron chi connectivity index (χ3n) is 4.66. The second-order valence-corrected chi connectivity index (χ2v) is 9.05. The van der Waals surface area contributed by atoms with E-state index in [0.29, 0.717) is 36.8 Å². The minimum atomic E-state index is -3.66. The number of hydrogen-bond donors (Lipinski definition) is 1. The van der Waals surface area contributed by atoms with Crippen molar-refractivity contribution in [1.29, 1.82) is 0 Å². The van der Waals surface area contributed by atoms with Crippen LogP contribution in [0.4, 0.5) is 5.69 Å². The average Bonchev–Trinajstić information content (AvgIpc) is 2.71. The molecule has 0 fully saturated rings. The van der Waals surface area contributed by atoms with Gasteiger partial charge >= 0.3 is 0 Å². The molecule has 0 bridgehead atoms. The van der Waals surface area contributed by atoms with Crippen molar-refractivity contribution in [2.75, 3.05) is 23.8 Å². The molecule has 31 heavy (non-hydrogen) atoms. The van der Waals surface area contributed by atoms with Crippen molar-refractivity contribution in [3.8, 4) is 11.5 Å². The van der Waals surface area contributed by atoms with E-state index in [2.05, 4.69) is 5.32 Å². The number of anilines is 1. The lowest BCUT2D eigenvalue weighted by Gasteiger charge is -2.30. The van der Waals surface area contributed by atoms with Crippen LogP contribution < -0.4 is 19.1 Å². The molecule has 0 aliphatic rings. The molecule has 0 unspecified atom stereocenters. The molecule has 2 aromatic rings. The monoisotopic (exact) mass is 448 g/mol. The molecule has 7 nitrogen and oxygen atoms in total. The van der Waals surface area contributed by atoms with E-state index in [1.54, 1.807) is 25.1 Å². The predicted molar refractivity (Wildman–Crippen MR) is 123 cm³/mol. The lowest BCUT2D eigenvalue weighted by atomic mass is 10.1. The first-order valence-corrected chi connectivity index (χ1v) is 12.3. The fourth-order valence-electron chi connectivity index (χ4n) is 3.34. The smallest absolute Gasteiger partial charge is 0.244 e. The molecule has 0 aromatic heterocycles. The highest BCUT2D eigenvalue weighted by molar-refractivity contribution is 7.92. The van der Waals surface area contributed by atoms with Crippen molar-refractivity contribution < 1.29 is 22.7 Å². The predicted octanol–water partition coefficient (Wildman–Crippen LogP) is 3.65. The van der Waals surface area contributed by atoms with Gasteiger partial charge in [-0.1, -0.05) is 25.1 Å². The van der Waals surface area contributed by atoms with Gasteiger partial charge in [-0.15, -0.1) is 0 Å². The first-order valence-electron chi connectivity index (χ1n) is 10.4. The zero-order chi connectivity index (χ0) is 23.0. The molecular weight excluding hydrogens is 416 g/mol. The zero-order valence-corrected chi connectivity index (χ0v) is 19.7. The number of amides is 1. The lowest BCUT2D eigenvalue weighted by molar-refractivity contribution is -0.122. The summed E-state index contributed by atoms with van der Waals surface area (Å²) in [6, 6.07) is 11.8. The van der Waals surface area contributed by atoms with E-state index in [9.17, 15) is 13.2 Å². The maximum absolute atomic E-state index is 13.0. The molecule has 0 aliphatic heterocycles. The summed E-state index contributed by atoms with van der Waals surface area (Å²) in [7, 11) is -3.66. The molecular formula is C23H32N2O5S. The van der Waals surface area contributed by atoms with Crippen molar-refractivity contribution >= 4 is 21.6 Å². The summed E-state index contributed by atoms with van der Waals surface area (Å²) in [4.78, 5) is 13.0. The van der Waals surface area contributed by atoms with Crippen molar-refractivity contribution in [2.24, 2.45) is 0 Å². The minimum Gasteiger partial charge on any atom is -0.490 e. The van der Waals surface area contributed by atoms with Gasteiger partial charge in [-0.2, -0.15) is 0 Å². The summed E-state index contributed by atoms with van der Waals surface area (Å²) in [5.41, 5.74) is 2.22. The number of benzene rings is 2. The molecule has 0 radical (unpaired) electrons. The van der Waals surface area contributed by atoms with Crippen LogP contribution in [0.25, 0.3) is 0 Å². The topological polar surface area (TPSA) is 84.9 Å². The van der Waals surface area contributed by atoms with Gasteiger partial charge in [0.05, 0.1) is 25.2 Å². The summed E-state index contributed by atoms with van der Waals surface area (Å²) in [6.45, 7) is 8.72. The number of nitrogens with zero attached hydrogens (tertiary/aromatic N) is 1. The SMILES string of the molecule is CCOc1ccc(CNC(=O)[C@@H](CC)N(c2cccc(C)c2)S(C)(=O)=O)cc1OCC. The fraction of sp³-hybridized carbons (Fsp3) is 0.435. The Bertz CT molecular complexity index is 991. The van der Waals surface area contributed by atoms with Crippen molar-refractivity contribution in [3.63, 3.8) is 0 Å². The third-order valence-corrected chi connectivity index (χ3v) is 5.84. The van der Waals surface area contributed by atoms with E-state index in [1.807, 2.05) is 45.0 Å². The van der Waals surface area contributed by atoms with Gasteiger partial charge in [0.15, 0.2) is 11.5 Å². The number of hydrogen-bond acceptors (Lipinski definition) is 5. The van der Waals surface area contributed by atoms with Gasteiger partial charge < -0.3 is 14.8 Å². The molecule has 1 N–H and O–H groups in total. The van der Waals surface area contributed by atoms with Crippen molar-refractivity contribution in [1.82, 2.24) is 5.32 Å². The number of carbonyl (C=O) groups excluding carboxylic acids is 1. The molecule has 0 aliphatic carbocycles. The average molecular weight is 449 g/mol. The Labute approximate surface area is 185 Å². The highest BCUT2D eigenvalue weighted by Gasteiger charge is 2.31. The molecule has 1 amide bonds. The number of carbonyl (C=O) groups is 1. The maximum Gasteiger partial charge on any atom is 0.244 e. The number of ether oxygens (including phenoxy) is 2. The van der Waals surface area contributed by atoms with Crippen LogP contribution in [-0.2, 0) is 21.4 Å². The lowest BCUT2D eigenvalue weighted by Crippen LogP contribution is -2.49. The van der Waals surface area contributed by atoms with Gasteiger partial charge in [0.25, 0.3) is 0 Å². The van der Waals surface area contributed by atoms with E-state index < -0.39 is 16.1 Å². The first-order chi connectivity index (χ1) is 14.7. The van der Waals surface area contributed by atoms with Crippen LogP contribution in [0.3, 0.4) is 0 Å². The summed E-state index contributed by atoms with van der Waals surface area (Å²) in [5, 5.41) is 2.87. The van der Waals surface area contributed by atoms with Gasteiger partial charge in [0, 0.05) is 6.54 Å². The Morgan fingerprint density at radius 2 is 1.71 bits per heavy atom. The molecule has 0 spiro atoms. The van der Waals surface area contributed by atoms with E-state index in [1.165, 1.54) is 4.31 Å². The summed E-state index contributed by atoms with van der Waals surface area (Å²) >= 11 is 0. The Morgan fingerprint density at radius 3 is 2.29 bits per heavy atom. The Balaban J connectivity index is 2.22. The first kappa shape index (κ1) is 24.5. The van der Waals surface area contributed by atoms with Gasteiger partial charge in [-0.3, -0.25) is 9.10 Å². The third kappa shape index (κ3) is 6.62. The quantitative estimate of drug-likeness (QED) is 0.567. The molecule has 8 heteroatoms.